The lowest BCUT2D eigenvalue weighted by Gasteiger charge is -2.49. The third-order valence-corrected chi connectivity index (χ3v) is 4.65. The SMILES string of the molecule is NC1(C2(O)CCSCC2)CCCNC1. The van der Waals surface area contributed by atoms with E-state index in [1.165, 1.54) is 0 Å². The highest BCUT2D eigenvalue weighted by molar-refractivity contribution is 7.99. The van der Waals surface area contributed by atoms with Gasteiger partial charge in [-0.15, -0.1) is 0 Å². The number of aliphatic hydroxyl groups is 1. The fraction of sp³-hybridized carbons (Fsp3) is 1.00. The molecule has 2 fully saturated rings. The van der Waals surface area contributed by atoms with Gasteiger partial charge in [0.2, 0.25) is 0 Å². The first-order valence-electron chi connectivity index (χ1n) is 5.46. The molecule has 82 valence electrons. The van der Waals surface area contributed by atoms with Gasteiger partial charge in [-0.3, -0.25) is 0 Å². The standard InChI is InChI=1S/C10H20N2OS/c11-9(2-1-5-12-8-9)10(13)3-6-14-7-4-10/h12-13H,1-8,11H2. The first-order chi connectivity index (χ1) is 6.66. The number of hydrogen-bond donors (Lipinski definition) is 3. The molecule has 0 amide bonds. The Bertz CT molecular complexity index is 176. The first-order valence-corrected chi connectivity index (χ1v) is 6.62. The number of piperidine rings is 1. The van der Waals surface area contributed by atoms with E-state index in [4.69, 9.17) is 5.73 Å². The predicted octanol–water partition coefficient (Wildman–Crippen LogP) is 0.325. The maximum absolute atomic E-state index is 10.6. The Morgan fingerprint density at radius 2 is 1.93 bits per heavy atom. The smallest absolute Gasteiger partial charge is 0.0854 e. The van der Waals surface area contributed by atoms with Crippen LogP contribution in [0.4, 0.5) is 0 Å². The third kappa shape index (κ3) is 1.81. The van der Waals surface area contributed by atoms with Crippen molar-refractivity contribution in [1.29, 1.82) is 0 Å². The van der Waals surface area contributed by atoms with Gasteiger partial charge in [-0.25, -0.2) is 0 Å². The number of nitrogens with two attached hydrogens (primary N) is 1. The van der Waals surface area contributed by atoms with Crippen LogP contribution in [0.1, 0.15) is 25.7 Å². The molecule has 2 saturated heterocycles. The minimum atomic E-state index is -0.619. The lowest BCUT2D eigenvalue weighted by atomic mass is 9.72. The molecule has 2 aliphatic heterocycles. The fourth-order valence-electron chi connectivity index (χ4n) is 2.53. The zero-order valence-electron chi connectivity index (χ0n) is 8.59. The highest BCUT2D eigenvalue weighted by Gasteiger charge is 2.48. The van der Waals surface area contributed by atoms with Gasteiger partial charge in [-0.05, 0) is 43.7 Å². The first kappa shape index (κ1) is 10.7. The minimum absolute atomic E-state index is 0.383. The lowest BCUT2D eigenvalue weighted by molar-refractivity contribution is -0.0520. The Labute approximate surface area is 89.8 Å². The topological polar surface area (TPSA) is 58.3 Å². The van der Waals surface area contributed by atoms with Crippen molar-refractivity contribution in [2.75, 3.05) is 24.6 Å². The third-order valence-electron chi connectivity index (χ3n) is 3.66. The summed E-state index contributed by atoms with van der Waals surface area (Å²) in [5.74, 6) is 2.10. The van der Waals surface area contributed by atoms with Gasteiger partial charge in [0.15, 0.2) is 0 Å². The zero-order chi connectivity index (χ0) is 10.1. The molecule has 14 heavy (non-hydrogen) atoms. The van der Waals surface area contributed by atoms with Crippen LogP contribution in [0.2, 0.25) is 0 Å². The van der Waals surface area contributed by atoms with E-state index in [1.54, 1.807) is 0 Å². The number of thioether (sulfide) groups is 1. The Kier molecular flexibility index (Phi) is 3.07. The molecule has 4 N–H and O–H groups in total. The Hall–Kier alpha value is 0.230. The average Bonchev–Trinajstić information content (AvgIpc) is 2.20. The van der Waals surface area contributed by atoms with Gasteiger partial charge >= 0.3 is 0 Å². The summed E-state index contributed by atoms with van der Waals surface area (Å²) in [6.45, 7) is 1.82. The summed E-state index contributed by atoms with van der Waals surface area (Å²) in [5.41, 5.74) is 5.34. The lowest BCUT2D eigenvalue weighted by Crippen LogP contribution is -2.68. The molecule has 0 spiro atoms. The summed E-state index contributed by atoms with van der Waals surface area (Å²) < 4.78 is 0. The van der Waals surface area contributed by atoms with Crippen molar-refractivity contribution < 1.29 is 5.11 Å². The van der Waals surface area contributed by atoms with E-state index in [0.29, 0.717) is 0 Å². The molecule has 1 atom stereocenters. The van der Waals surface area contributed by atoms with Crippen molar-refractivity contribution in [1.82, 2.24) is 5.32 Å². The molecular weight excluding hydrogens is 196 g/mol. The molecule has 3 nitrogen and oxygen atoms in total. The van der Waals surface area contributed by atoms with Crippen molar-refractivity contribution in [3.05, 3.63) is 0 Å². The maximum atomic E-state index is 10.6. The summed E-state index contributed by atoms with van der Waals surface area (Å²) in [7, 11) is 0. The van der Waals surface area contributed by atoms with Crippen LogP contribution < -0.4 is 11.1 Å². The Balaban J connectivity index is 2.09. The molecule has 2 rings (SSSR count). The van der Waals surface area contributed by atoms with E-state index in [2.05, 4.69) is 5.32 Å². The van der Waals surface area contributed by atoms with Crippen molar-refractivity contribution >= 4 is 11.8 Å². The van der Waals surface area contributed by atoms with Gasteiger partial charge in [0.25, 0.3) is 0 Å². The van der Waals surface area contributed by atoms with Crippen molar-refractivity contribution in [2.45, 2.75) is 36.8 Å². The zero-order valence-corrected chi connectivity index (χ0v) is 9.41. The predicted molar refractivity (Wildman–Crippen MR) is 60.5 cm³/mol. The molecule has 0 aromatic carbocycles. The van der Waals surface area contributed by atoms with E-state index in [1.807, 2.05) is 11.8 Å². The van der Waals surface area contributed by atoms with Gasteiger partial charge in [0.1, 0.15) is 0 Å². The van der Waals surface area contributed by atoms with Crippen LogP contribution in [0.3, 0.4) is 0 Å². The monoisotopic (exact) mass is 216 g/mol. The molecule has 0 saturated carbocycles. The van der Waals surface area contributed by atoms with Gasteiger partial charge in [0.05, 0.1) is 11.1 Å². The second-order valence-electron chi connectivity index (χ2n) is 4.58. The second kappa shape index (κ2) is 4.00. The van der Waals surface area contributed by atoms with E-state index >= 15 is 0 Å². The average molecular weight is 216 g/mol. The fourth-order valence-corrected chi connectivity index (χ4v) is 3.70. The summed E-state index contributed by atoms with van der Waals surface area (Å²) >= 11 is 1.92. The van der Waals surface area contributed by atoms with Gasteiger partial charge in [-0.1, -0.05) is 0 Å². The molecule has 0 bridgehead atoms. The van der Waals surface area contributed by atoms with E-state index in [-0.39, 0.29) is 5.54 Å². The molecule has 0 aromatic rings. The molecule has 0 radical (unpaired) electrons. The molecule has 0 aliphatic carbocycles. The van der Waals surface area contributed by atoms with Crippen LogP contribution >= 0.6 is 11.8 Å². The van der Waals surface area contributed by atoms with E-state index < -0.39 is 5.60 Å². The summed E-state index contributed by atoms with van der Waals surface area (Å²) in [4.78, 5) is 0. The summed E-state index contributed by atoms with van der Waals surface area (Å²) in [6.07, 6.45) is 3.76. The molecule has 4 heteroatoms. The van der Waals surface area contributed by atoms with Crippen LogP contribution in [0.5, 0.6) is 0 Å². The van der Waals surface area contributed by atoms with Gasteiger partial charge in [0, 0.05) is 6.54 Å². The van der Waals surface area contributed by atoms with Gasteiger partial charge in [-0.2, -0.15) is 11.8 Å². The second-order valence-corrected chi connectivity index (χ2v) is 5.81. The number of hydrogen-bond acceptors (Lipinski definition) is 4. The van der Waals surface area contributed by atoms with Crippen molar-refractivity contribution in [3.63, 3.8) is 0 Å². The molecule has 2 heterocycles. The Morgan fingerprint density at radius 3 is 2.50 bits per heavy atom. The quantitative estimate of drug-likeness (QED) is 0.591. The summed E-state index contributed by atoms with van der Waals surface area (Å²) in [6, 6.07) is 0. The van der Waals surface area contributed by atoms with E-state index in [0.717, 1.165) is 50.3 Å². The van der Waals surface area contributed by atoms with Gasteiger partial charge < -0.3 is 16.2 Å². The van der Waals surface area contributed by atoms with Crippen LogP contribution in [-0.4, -0.2) is 40.8 Å². The number of nitrogens with one attached hydrogen (secondary N) is 1. The van der Waals surface area contributed by atoms with Crippen molar-refractivity contribution in [3.8, 4) is 0 Å². The van der Waals surface area contributed by atoms with Crippen LogP contribution in [0.15, 0.2) is 0 Å². The van der Waals surface area contributed by atoms with Crippen LogP contribution in [0, 0.1) is 0 Å². The molecular formula is C10H20N2OS. The van der Waals surface area contributed by atoms with Crippen molar-refractivity contribution in [2.24, 2.45) is 5.73 Å². The highest BCUT2D eigenvalue weighted by atomic mass is 32.2. The van der Waals surface area contributed by atoms with Crippen LogP contribution in [-0.2, 0) is 0 Å². The van der Waals surface area contributed by atoms with E-state index in [9.17, 15) is 5.11 Å². The molecule has 0 aromatic heterocycles. The highest BCUT2D eigenvalue weighted by Crippen LogP contribution is 2.37. The van der Waals surface area contributed by atoms with Crippen LogP contribution in [0.25, 0.3) is 0 Å². The molecule has 2 aliphatic rings. The number of rotatable bonds is 1. The summed E-state index contributed by atoms with van der Waals surface area (Å²) in [5, 5.41) is 13.9. The normalized spacial score (nSPS) is 38.1. The maximum Gasteiger partial charge on any atom is 0.0854 e. The minimum Gasteiger partial charge on any atom is -0.388 e. The Morgan fingerprint density at radius 1 is 1.21 bits per heavy atom. The largest absolute Gasteiger partial charge is 0.388 e. The molecule has 1 unspecified atom stereocenters.